The molecular weight excluding hydrogens is 98.1 g/mol. The van der Waals surface area contributed by atoms with Gasteiger partial charge < -0.3 is 5.73 Å². The minimum Gasteiger partial charge on any atom is -0.327 e. The SMILES string of the molecule is CCCC1C(C)C1N. The quantitative estimate of drug-likeness (QED) is 0.575. The zero-order valence-corrected chi connectivity index (χ0v) is 5.72. The molecule has 0 aliphatic heterocycles. The highest BCUT2D eigenvalue weighted by Gasteiger charge is 2.42. The van der Waals surface area contributed by atoms with Gasteiger partial charge in [0.25, 0.3) is 0 Å². The maximum Gasteiger partial charge on any atom is 0.00993 e. The van der Waals surface area contributed by atoms with E-state index in [2.05, 4.69) is 13.8 Å². The standard InChI is InChI=1S/C7H15N/c1-3-4-6-5(2)7(6)8/h5-7H,3-4,8H2,1-2H3. The number of hydrogen-bond donors (Lipinski definition) is 1. The predicted octanol–water partition coefficient (Wildman–Crippen LogP) is 1.38. The Hall–Kier alpha value is -0.0400. The van der Waals surface area contributed by atoms with Gasteiger partial charge in [0.15, 0.2) is 0 Å². The second-order valence-corrected chi connectivity index (χ2v) is 2.89. The lowest BCUT2D eigenvalue weighted by atomic mass is 10.2. The molecule has 0 radical (unpaired) electrons. The molecule has 1 nitrogen and oxygen atoms in total. The summed E-state index contributed by atoms with van der Waals surface area (Å²) in [5.74, 6) is 1.68. The Morgan fingerprint density at radius 1 is 1.50 bits per heavy atom. The molecule has 0 amide bonds. The molecule has 3 atom stereocenters. The van der Waals surface area contributed by atoms with Crippen LogP contribution in [0.4, 0.5) is 0 Å². The highest BCUT2D eigenvalue weighted by Crippen LogP contribution is 2.39. The third-order valence-electron chi connectivity index (χ3n) is 2.26. The van der Waals surface area contributed by atoms with Gasteiger partial charge >= 0.3 is 0 Å². The van der Waals surface area contributed by atoms with Crippen molar-refractivity contribution in [3.05, 3.63) is 0 Å². The van der Waals surface area contributed by atoms with E-state index in [1.54, 1.807) is 0 Å². The molecule has 0 spiro atoms. The van der Waals surface area contributed by atoms with Crippen molar-refractivity contribution in [2.45, 2.75) is 32.7 Å². The van der Waals surface area contributed by atoms with Gasteiger partial charge in [0, 0.05) is 6.04 Å². The van der Waals surface area contributed by atoms with Crippen molar-refractivity contribution in [3.8, 4) is 0 Å². The van der Waals surface area contributed by atoms with Crippen LogP contribution < -0.4 is 5.73 Å². The lowest BCUT2D eigenvalue weighted by Crippen LogP contribution is -2.02. The van der Waals surface area contributed by atoms with Crippen molar-refractivity contribution < 1.29 is 0 Å². The fourth-order valence-corrected chi connectivity index (χ4v) is 1.37. The zero-order valence-electron chi connectivity index (χ0n) is 5.72. The van der Waals surface area contributed by atoms with E-state index in [9.17, 15) is 0 Å². The first-order valence-corrected chi connectivity index (χ1v) is 3.53. The van der Waals surface area contributed by atoms with E-state index < -0.39 is 0 Å². The topological polar surface area (TPSA) is 26.0 Å². The van der Waals surface area contributed by atoms with Gasteiger partial charge in [-0.15, -0.1) is 0 Å². The molecule has 3 unspecified atom stereocenters. The van der Waals surface area contributed by atoms with Crippen LogP contribution in [0.1, 0.15) is 26.7 Å². The third-order valence-corrected chi connectivity index (χ3v) is 2.26. The Kier molecular flexibility index (Phi) is 1.57. The third kappa shape index (κ3) is 0.873. The van der Waals surface area contributed by atoms with E-state index in [4.69, 9.17) is 5.73 Å². The maximum atomic E-state index is 5.70. The number of nitrogens with two attached hydrogens (primary N) is 1. The normalized spacial score (nSPS) is 44.6. The summed E-state index contributed by atoms with van der Waals surface area (Å²) in [7, 11) is 0. The molecule has 0 bridgehead atoms. The first kappa shape index (κ1) is 6.09. The molecular formula is C7H15N. The first-order chi connectivity index (χ1) is 3.77. The highest BCUT2D eigenvalue weighted by molar-refractivity contribution is 4.97. The van der Waals surface area contributed by atoms with Crippen LogP contribution in [0.25, 0.3) is 0 Å². The van der Waals surface area contributed by atoms with Crippen molar-refractivity contribution in [2.75, 3.05) is 0 Å². The van der Waals surface area contributed by atoms with E-state index >= 15 is 0 Å². The molecule has 1 heteroatoms. The number of rotatable bonds is 2. The molecule has 1 saturated carbocycles. The van der Waals surface area contributed by atoms with E-state index in [0.29, 0.717) is 6.04 Å². The predicted molar refractivity (Wildman–Crippen MR) is 35.5 cm³/mol. The molecule has 0 aromatic rings. The van der Waals surface area contributed by atoms with Crippen LogP contribution in [0.5, 0.6) is 0 Å². The second-order valence-electron chi connectivity index (χ2n) is 2.89. The molecule has 0 heterocycles. The molecule has 1 rings (SSSR count). The van der Waals surface area contributed by atoms with E-state index in [1.165, 1.54) is 12.8 Å². The Morgan fingerprint density at radius 2 is 2.00 bits per heavy atom. The van der Waals surface area contributed by atoms with Crippen LogP contribution >= 0.6 is 0 Å². The van der Waals surface area contributed by atoms with Crippen molar-refractivity contribution >= 4 is 0 Å². The summed E-state index contributed by atoms with van der Waals surface area (Å²) in [6.07, 6.45) is 2.63. The monoisotopic (exact) mass is 113 g/mol. The zero-order chi connectivity index (χ0) is 6.15. The van der Waals surface area contributed by atoms with Gasteiger partial charge in [-0.05, 0) is 18.3 Å². The second kappa shape index (κ2) is 2.06. The van der Waals surface area contributed by atoms with E-state index in [-0.39, 0.29) is 0 Å². The Morgan fingerprint density at radius 3 is 2.12 bits per heavy atom. The first-order valence-electron chi connectivity index (χ1n) is 3.53. The van der Waals surface area contributed by atoms with Crippen molar-refractivity contribution in [3.63, 3.8) is 0 Å². The maximum absolute atomic E-state index is 5.70. The summed E-state index contributed by atoms with van der Waals surface area (Å²) < 4.78 is 0. The van der Waals surface area contributed by atoms with Gasteiger partial charge in [0.2, 0.25) is 0 Å². The highest BCUT2D eigenvalue weighted by atomic mass is 14.8. The molecule has 1 aliphatic rings. The molecule has 8 heavy (non-hydrogen) atoms. The van der Waals surface area contributed by atoms with Gasteiger partial charge in [-0.25, -0.2) is 0 Å². The fourth-order valence-electron chi connectivity index (χ4n) is 1.37. The Balaban J connectivity index is 2.13. The largest absolute Gasteiger partial charge is 0.327 e. The molecule has 2 N–H and O–H groups in total. The molecule has 0 saturated heterocycles. The summed E-state index contributed by atoms with van der Waals surface area (Å²) in [5, 5.41) is 0. The van der Waals surface area contributed by atoms with Crippen LogP contribution in [-0.2, 0) is 0 Å². The lowest BCUT2D eigenvalue weighted by Gasteiger charge is -1.87. The van der Waals surface area contributed by atoms with Crippen LogP contribution in [-0.4, -0.2) is 6.04 Å². The van der Waals surface area contributed by atoms with Crippen LogP contribution in [0.3, 0.4) is 0 Å². The van der Waals surface area contributed by atoms with Gasteiger partial charge in [0.1, 0.15) is 0 Å². The molecule has 1 aliphatic carbocycles. The Labute approximate surface area is 51.3 Å². The smallest absolute Gasteiger partial charge is 0.00993 e. The average molecular weight is 113 g/mol. The van der Waals surface area contributed by atoms with Gasteiger partial charge in [-0.2, -0.15) is 0 Å². The lowest BCUT2D eigenvalue weighted by molar-refractivity contribution is 0.652. The minimum atomic E-state index is 0.537. The summed E-state index contributed by atoms with van der Waals surface area (Å²) in [6.45, 7) is 4.46. The van der Waals surface area contributed by atoms with Crippen molar-refractivity contribution in [2.24, 2.45) is 17.6 Å². The van der Waals surface area contributed by atoms with Crippen LogP contribution in [0, 0.1) is 11.8 Å². The van der Waals surface area contributed by atoms with Gasteiger partial charge in [-0.3, -0.25) is 0 Å². The summed E-state index contributed by atoms with van der Waals surface area (Å²) in [6, 6.07) is 0.537. The van der Waals surface area contributed by atoms with Gasteiger partial charge in [-0.1, -0.05) is 20.3 Å². The van der Waals surface area contributed by atoms with E-state index in [1.807, 2.05) is 0 Å². The summed E-state index contributed by atoms with van der Waals surface area (Å²) >= 11 is 0. The van der Waals surface area contributed by atoms with Crippen molar-refractivity contribution in [1.29, 1.82) is 0 Å². The molecule has 0 aromatic heterocycles. The Bertz CT molecular complexity index is 72.5. The summed E-state index contributed by atoms with van der Waals surface area (Å²) in [5.41, 5.74) is 5.70. The van der Waals surface area contributed by atoms with Crippen LogP contribution in [0.2, 0.25) is 0 Å². The molecule has 1 fully saturated rings. The summed E-state index contributed by atoms with van der Waals surface area (Å²) in [4.78, 5) is 0. The van der Waals surface area contributed by atoms with Crippen molar-refractivity contribution in [1.82, 2.24) is 0 Å². The number of hydrogen-bond acceptors (Lipinski definition) is 1. The molecule has 0 aromatic carbocycles. The average Bonchev–Trinajstić information content (AvgIpc) is 2.25. The fraction of sp³-hybridized carbons (Fsp3) is 1.00. The van der Waals surface area contributed by atoms with E-state index in [0.717, 1.165) is 11.8 Å². The minimum absolute atomic E-state index is 0.537. The van der Waals surface area contributed by atoms with Gasteiger partial charge in [0.05, 0.1) is 0 Å². The molecule has 48 valence electrons. The van der Waals surface area contributed by atoms with Crippen LogP contribution in [0.15, 0.2) is 0 Å².